The second kappa shape index (κ2) is 4.37. The summed E-state index contributed by atoms with van der Waals surface area (Å²) in [6, 6.07) is 3.95. The first-order valence-electron chi connectivity index (χ1n) is 5.09. The Morgan fingerprint density at radius 3 is 3.07 bits per heavy atom. The van der Waals surface area contributed by atoms with Gasteiger partial charge in [0.1, 0.15) is 5.82 Å². The molecule has 4 nitrogen and oxygen atoms in total. The summed E-state index contributed by atoms with van der Waals surface area (Å²) in [7, 11) is 0. The first kappa shape index (κ1) is 9.40. The standard InChI is InChI=1S/C10H16N4/c1-8-2-3-10(14-13-8)12-7-9-4-5-11-6-9/h2-3,9,11H,4-7H2,1H3,(H,12,14). The molecule has 14 heavy (non-hydrogen) atoms. The lowest BCUT2D eigenvalue weighted by atomic mass is 10.1. The van der Waals surface area contributed by atoms with E-state index in [1.807, 2.05) is 19.1 Å². The van der Waals surface area contributed by atoms with Gasteiger partial charge < -0.3 is 10.6 Å². The fourth-order valence-corrected chi connectivity index (χ4v) is 1.63. The van der Waals surface area contributed by atoms with Crippen LogP contribution < -0.4 is 10.6 Å². The molecular formula is C10H16N4. The van der Waals surface area contributed by atoms with Crippen molar-refractivity contribution >= 4 is 5.82 Å². The number of hydrogen-bond donors (Lipinski definition) is 2. The number of nitrogens with one attached hydrogen (secondary N) is 2. The largest absolute Gasteiger partial charge is 0.368 e. The zero-order chi connectivity index (χ0) is 9.80. The number of aryl methyl sites for hydroxylation is 1. The molecule has 0 saturated carbocycles. The fourth-order valence-electron chi connectivity index (χ4n) is 1.63. The van der Waals surface area contributed by atoms with Gasteiger partial charge in [0.25, 0.3) is 0 Å². The van der Waals surface area contributed by atoms with Crippen molar-refractivity contribution in [1.29, 1.82) is 0 Å². The predicted molar refractivity (Wildman–Crippen MR) is 56.2 cm³/mol. The van der Waals surface area contributed by atoms with Crippen molar-refractivity contribution in [1.82, 2.24) is 15.5 Å². The summed E-state index contributed by atoms with van der Waals surface area (Å²) in [5.74, 6) is 1.61. The van der Waals surface area contributed by atoms with E-state index in [1.165, 1.54) is 6.42 Å². The fraction of sp³-hybridized carbons (Fsp3) is 0.600. The van der Waals surface area contributed by atoms with Gasteiger partial charge in [-0.15, -0.1) is 5.10 Å². The van der Waals surface area contributed by atoms with Gasteiger partial charge >= 0.3 is 0 Å². The van der Waals surface area contributed by atoms with Gasteiger partial charge in [-0.2, -0.15) is 5.10 Å². The molecule has 4 heteroatoms. The van der Waals surface area contributed by atoms with E-state index in [4.69, 9.17) is 0 Å². The van der Waals surface area contributed by atoms with E-state index in [-0.39, 0.29) is 0 Å². The second-order valence-corrected chi connectivity index (χ2v) is 3.80. The highest BCUT2D eigenvalue weighted by molar-refractivity contribution is 5.32. The monoisotopic (exact) mass is 192 g/mol. The van der Waals surface area contributed by atoms with Crippen molar-refractivity contribution in [2.45, 2.75) is 13.3 Å². The van der Waals surface area contributed by atoms with E-state index in [0.717, 1.165) is 37.1 Å². The molecule has 0 spiro atoms. The lowest BCUT2D eigenvalue weighted by Gasteiger charge is -2.09. The molecule has 1 aliphatic heterocycles. The van der Waals surface area contributed by atoms with Crippen LogP contribution in [0.1, 0.15) is 12.1 Å². The van der Waals surface area contributed by atoms with Crippen molar-refractivity contribution in [2.75, 3.05) is 25.0 Å². The highest BCUT2D eigenvalue weighted by Crippen LogP contribution is 2.09. The molecule has 1 saturated heterocycles. The van der Waals surface area contributed by atoms with Crippen LogP contribution in [0.4, 0.5) is 5.82 Å². The zero-order valence-corrected chi connectivity index (χ0v) is 8.45. The number of rotatable bonds is 3. The Kier molecular flexibility index (Phi) is 2.93. The van der Waals surface area contributed by atoms with Gasteiger partial charge in [-0.1, -0.05) is 0 Å². The number of nitrogens with zero attached hydrogens (tertiary/aromatic N) is 2. The number of anilines is 1. The SMILES string of the molecule is Cc1ccc(NCC2CCNC2)nn1. The normalized spacial score (nSPS) is 21.1. The third-order valence-electron chi connectivity index (χ3n) is 2.53. The van der Waals surface area contributed by atoms with Gasteiger partial charge in [0.2, 0.25) is 0 Å². The van der Waals surface area contributed by atoms with Gasteiger partial charge in [0, 0.05) is 6.54 Å². The summed E-state index contributed by atoms with van der Waals surface area (Å²) in [6.45, 7) is 5.20. The van der Waals surface area contributed by atoms with Crippen LogP contribution in [0.2, 0.25) is 0 Å². The summed E-state index contributed by atoms with van der Waals surface area (Å²) >= 11 is 0. The van der Waals surface area contributed by atoms with Crippen LogP contribution in [0.3, 0.4) is 0 Å². The van der Waals surface area contributed by atoms with Crippen molar-refractivity contribution in [3.63, 3.8) is 0 Å². The van der Waals surface area contributed by atoms with Crippen molar-refractivity contribution < 1.29 is 0 Å². The average molecular weight is 192 g/mol. The first-order valence-corrected chi connectivity index (χ1v) is 5.09. The van der Waals surface area contributed by atoms with E-state index in [9.17, 15) is 0 Å². The van der Waals surface area contributed by atoms with Crippen LogP contribution in [-0.4, -0.2) is 29.8 Å². The molecule has 2 rings (SSSR count). The zero-order valence-electron chi connectivity index (χ0n) is 8.45. The predicted octanol–water partition coefficient (Wildman–Crippen LogP) is 0.806. The van der Waals surface area contributed by atoms with Crippen LogP contribution in [0.25, 0.3) is 0 Å². The van der Waals surface area contributed by atoms with Crippen LogP contribution in [0.15, 0.2) is 12.1 Å². The van der Waals surface area contributed by atoms with Gasteiger partial charge in [-0.05, 0) is 44.5 Å². The summed E-state index contributed by atoms with van der Waals surface area (Å²) in [5, 5.41) is 14.7. The smallest absolute Gasteiger partial charge is 0.148 e. The van der Waals surface area contributed by atoms with Crippen LogP contribution in [0, 0.1) is 12.8 Å². The van der Waals surface area contributed by atoms with Crippen LogP contribution >= 0.6 is 0 Å². The minimum atomic E-state index is 0.734. The molecule has 0 bridgehead atoms. The van der Waals surface area contributed by atoms with Gasteiger partial charge in [0.15, 0.2) is 0 Å². The molecule has 76 valence electrons. The first-order chi connectivity index (χ1) is 6.84. The molecule has 1 fully saturated rings. The van der Waals surface area contributed by atoms with Gasteiger partial charge in [-0.25, -0.2) is 0 Å². The molecule has 0 radical (unpaired) electrons. The van der Waals surface area contributed by atoms with E-state index in [2.05, 4.69) is 20.8 Å². The minimum absolute atomic E-state index is 0.734. The van der Waals surface area contributed by atoms with Crippen molar-refractivity contribution in [2.24, 2.45) is 5.92 Å². The van der Waals surface area contributed by atoms with E-state index in [0.29, 0.717) is 0 Å². The summed E-state index contributed by atoms with van der Waals surface area (Å²) in [5.41, 5.74) is 0.957. The minimum Gasteiger partial charge on any atom is -0.368 e. The Morgan fingerprint density at radius 1 is 1.50 bits per heavy atom. The molecule has 1 atom stereocenters. The van der Waals surface area contributed by atoms with Crippen LogP contribution in [-0.2, 0) is 0 Å². The van der Waals surface area contributed by atoms with E-state index < -0.39 is 0 Å². The molecule has 1 aliphatic rings. The summed E-state index contributed by atoms with van der Waals surface area (Å²) < 4.78 is 0. The van der Waals surface area contributed by atoms with E-state index >= 15 is 0 Å². The average Bonchev–Trinajstić information content (AvgIpc) is 2.70. The lowest BCUT2D eigenvalue weighted by molar-refractivity contribution is 0.613. The molecule has 1 unspecified atom stereocenters. The molecule has 1 aromatic rings. The molecule has 0 aromatic carbocycles. The number of hydrogen-bond acceptors (Lipinski definition) is 4. The lowest BCUT2D eigenvalue weighted by Crippen LogP contribution is -2.17. The maximum atomic E-state index is 4.06. The second-order valence-electron chi connectivity index (χ2n) is 3.80. The molecule has 2 heterocycles. The Morgan fingerprint density at radius 2 is 2.43 bits per heavy atom. The highest BCUT2D eigenvalue weighted by Gasteiger charge is 2.13. The van der Waals surface area contributed by atoms with E-state index in [1.54, 1.807) is 0 Å². The molecule has 1 aromatic heterocycles. The topological polar surface area (TPSA) is 49.8 Å². The van der Waals surface area contributed by atoms with Crippen molar-refractivity contribution in [3.8, 4) is 0 Å². The quantitative estimate of drug-likeness (QED) is 0.744. The Balaban J connectivity index is 1.82. The molecule has 0 amide bonds. The molecule has 0 aliphatic carbocycles. The van der Waals surface area contributed by atoms with Gasteiger partial charge in [-0.3, -0.25) is 0 Å². The number of aromatic nitrogens is 2. The highest BCUT2D eigenvalue weighted by atomic mass is 15.2. The maximum Gasteiger partial charge on any atom is 0.148 e. The summed E-state index contributed by atoms with van der Waals surface area (Å²) in [6.07, 6.45) is 1.26. The van der Waals surface area contributed by atoms with Gasteiger partial charge in [0.05, 0.1) is 5.69 Å². The molecular weight excluding hydrogens is 176 g/mol. The Labute approximate surface area is 84.1 Å². The third-order valence-corrected chi connectivity index (χ3v) is 2.53. The third kappa shape index (κ3) is 2.42. The maximum absolute atomic E-state index is 4.06. The van der Waals surface area contributed by atoms with Crippen LogP contribution in [0.5, 0.6) is 0 Å². The molecule has 2 N–H and O–H groups in total. The van der Waals surface area contributed by atoms with Crippen molar-refractivity contribution in [3.05, 3.63) is 17.8 Å². The Hall–Kier alpha value is -1.16. The summed E-state index contributed by atoms with van der Waals surface area (Å²) in [4.78, 5) is 0. The Bertz CT molecular complexity index is 277.